The minimum Gasteiger partial charge on any atom is -0.372 e. The zero-order chi connectivity index (χ0) is 17.8. The molecule has 2 saturated heterocycles. The molecule has 2 unspecified atom stereocenters. The molecule has 1 aromatic rings. The number of carbonyl (C=O) groups is 2. The average Bonchev–Trinajstić information content (AvgIpc) is 3.12. The van der Waals surface area contributed by atoms with Crippen LogP contribution >= 0.6 is 11.3 Å². The van der Waals surface area contributed by atoms with Gasteiger partial charge in [0.25, 0.3) is 0 Å². The summed E-state index contributed by atoms with van der Waals surface area (Å²) >= 11 is 1.70. The molecule has 0 saturated carbocycles. The van der Waals surface area contributed by atoms with Crippen molar-refractivity contribution >= 4 is 23.2 Å². The predicted octanol–water partition coefficient (Wildman–Crippen LogP) is 2.56. The Bertz CT molecular complexity index is 571. The number of thiophene rings is 1. The molecule has 2 amide bonds. The first kappa shape index (κ1) is 18.4. The molecule has 0 N–H and O–H groups in total. The van der Waals surface area contributed by atoms with E-state index in [0.717, 1.165) is 19.3 Å². The van der Waals surface area contributed by atoms with E-state index in [1.54, 1.807) is 11.3 Å². The highest BCUT2D eigenvalue weighted by atomic mass is 32.1. The van der Waals surface area contributed by atoms with Crippen LogP contribution in [0.5, 0.6) is 0 Å². The van der Waals surface area contributed by atoms with Gasteiger partial charge >= 0.3 is 0 Å². The summed E-state index contributed by atoms with van der Waals surface area (Å²) in [5.74, 6) is 0.513. The Kier molecular flexibility index (Phi) is 6.12. The zero-order valence-corrected chi connectivity index (χ0v) is 16.0. The molecule has 0 aliphatic carbocycles. The Morgan fingerprint density at radius 3 is 2.44 bits per heavy atom. The van der Waals surface area contributed by atoms with E-state index >= 15 is 0 Å². The monoisotopic (exact) mass is 364 g/mol. The Morgan fingerprint density at radius 1 is 1.16 bits per heavy atom. The van der Waals surface area contributed by atoms with Gasteiger partial charge in [0.15, 0.2) is 0 Å². The smallest absolute Gasteiger partial charge is 0.225 e. The van der Waals surface area contributed by atoms with Gasteiger partial charge in [0.2, 0.25) is 11.8 Å². The molecule has 25 heavy (non-hydrogen) atoms. The van der Waals surface area contributed by atoms with Gasteiger partial charge in [0.05, 0.1) is 12.2 Å². The first-order valence-corrected chi connectivity index (χ1v) is 10.2. The van der Waals surface area contributed by atoms with Crippen molar-refractivity contribution in [1.82, 2.24) is 9.80 Å². The van der Waals surface area contributed by atoms with Gasteiger partial charge in [-0.2, -0.15) is 0 Å². The maximum atomic E-state index is 12.8. The number of hydrogen-bond acceptors (Lipinski definition) is 4. The summed E-state index contributed by atoms with van der Waals surface area (Å²) < 4.78 is 5.71. The number of hydrogen-bond donors (Lipinski definition) is 0. The van der Waals surface area contributed by atoms with Crippen LogP contribution in [0.4, 0.5) is 0 Å². The van der Waals surface area contributed by atoms with Crippen LogP contribution in [0.3, 0.4) is 0 Å². The Labute approximate surface area is 153 Å². The molecular formula is C19H28N2O3S. The molecule has 6 heteroatoms. The van der Waals surface area contributed by atoms with E-state index < -0.39 is 0 Å². The van der Waals surface area contributed by atoms with Gasteiger partial charge in [0.1, 0.15) is 0 Å². The maximum absolute atomic E-state index is 12.8. The number of rotatable bonds is 4. The normalized spacial score (nSPS) is 25.2. The van der Waals surface area contributed by atoms with E-state index in [4.69, 9.17) is 4.74 Å². The second-order valence-electron chi connectivity index (χ2n) is 7.23. The summed E-state index contributed by atoms with van der Waals surface area (Å²) in [5, 5.41) is 2.05. The summed E-state index contributed by atoms with van der Waals surface area (Å²) in [6, 6.07) is 4.10. The van der Waals surface area contributed by atoms with Crippen molar-refractivity contribution < 1.29 is 14.3 Å². The molecular weight excluding hydrogens is 336 g/mol. The van der Waals surface area contributed by atoms with Gasteiger partial charge < -0.3 is 14.5 Å². The summed E-state index contributed by atoms with van der Waals surface area (Å²) in [6.07, 6.45) is 3.16. The van der Waals surface area contributed by atoms with E-state index in [1.165, 1.54) is 4.88 Å². The number of amides is 2. The van der Waals surface area contributed by atoms with E-state index in [-0.39, 0.29) is 29.9 Å². The molecule has 5 nitrogen and oxygen atoms in total. The van der Waals surface area contributed by atoms with Gasteiger partial charge in [-0.25, -0.2) is 0 Å². The SMILES string of the molecule is CC1CN(C(=O)C2CCN(C(=O)CCc3cccs3)CC2)CC(C)O1. The lowest BCUT2D eigenvalue weighted by molar-refractivity contribution is -0.150. The second-order valence-corrected chi connectivity index (χ2v) is 8.27. The third kappa shape index (κ3) is 4.82. The van der Waals surface area contributed by atoms with Crippen molar-refractivity contribution in [2.45, 2.75) is 51.7 Å². The van der Waals surface area contributed by atoms with E-state index in [9.17, 15) is 9.59 Å². The first-order chi connectivity index (χ1) is 12.0. The molecule has 3 heterocycles. The topological polar surface area (TPSA) is 49.9 Å². The zero-order valence-electron chi connectivity index (χ0n) is 15.1. The molecule has 0 bridgehead atoms. The Balaban J connectivity index is 1.44. The van der Waals surface area contributed by atoms with Gasteiger partial charge in [0, 0.05) is 43.4 Å². The van der Waals surface area contributed by atoms with E-state index in [1.807, 2.05) is 35.1 Å². The van der Waals surface area contributed by atoms with Crippen molar-refractivity contribution in [3.05, 3.63) is 22.4 Å². The second kappa shape index (κ2) is 8.32. The van der Waals surface area contributed by atoms with E-state index in [2.05, 4.69) is 6.07 Å². The number of piperidine rings is 1. The fourth-order valence-electron chi connectivity index (χ4n) is 3.83. The summed E-state index contributed by atoms with van der Waals surface area (Å²) in [7, 11) is 0. The molecule has 2 fully saturated rings. The van der Waals surface area contributed by atoms with Gasteiger partial charge in [-0.05, 0) is 44.6 Å². The highest BCUT2D eigenvalue weighted by Gasteiger charge is 2.33. The van der Waals surface area contributed by atoms with Crippen LogP contribution in [0.2, 0.25) is 0 Å². The average molecular weight is 365 g/mol. The van der Waals surface area contributed by atoms with E-state index in [0.29, 0.717) is 32.6 Å². The van der Waals surface area contributed by atoms with Crippen molar-refractivity contribution in [2.75, 3.05) is 26.2 Å². The number of carbonyl (C=O) groups excluding carboxylic acids is 2. The molecule has 2 aliphatic rings. The molecule has 0 radical (unpaired) electrons. The van der Waals surface area contributed by atoms with Crippen molar-refractivity contribution in [3.63, 3.8) is 0 Å². The summed E-state index contributed by atoms with van der Waals surface area (Å²) in [4.78, 5) is 30.3. The molecule has 0 spiro atoms. The third-order valence-electron chi connectivity index (χ3n) is 5.09. The molecule has 0 aromatic carbocycles. The maximum Gasteiger partial charge on any atom is 0.225 e. The standard InChI is InChI=1S/C19H28N2O3S/c1-14-12-21(13-15(2)24-14)19(23)16-7-9-20(10-8-16)18(22)6-5-17-4-3-11-25-17/h3-4,11,14-16H,5-10,12-13H2,1-2H3. The van der Waals surface area contributed by atoms with Crippen molar-refractivity contribution in [1.29, 1.82) is 0 Å². The van der Waals surface area contributed by atoms with Crippen LogP contribution in [0.25, 0.3) is 0 Å². The number of aryl methyl sites for hydroxylation is 1. The third-order valence-corrected chi connectivity index (χ3v) is 6.03. The predicted molar refractivity (Wildman–Crippen MR) is 98.5 cm³/mol. The lowest BCUT2D eigenvalue weighted by Crippen LogP contribution is -2.51. The van der Waals surface area contributed by atoms with Crippen LogP contribution in [-0.2, 0) is 20.7 Å². The molecule has 3 rings (SSSR count). The van der Waals surface area contributed by atoms with Crippen LogP contribution in [-0.4, -0.2) is 60.0 Å². The minimum atomic E-state index is 0.0545. The lowest BCUT2D eigenvalue weighted by Gasteiger charge is -2.39. The number of morpholine rings is 1. The van der Waals surface area contributed by atoms with Crippen LogP contribution in [0.1, 0.15) is 38.0 Å². The number of ether oxygens (including phenoxy) is 1. The van der Waals surface area contributed by atoms with Crippen LogP contribution < -0.4 is 0 Å². The molecule has 1 aromatic heterocycles. The van der Waals surface area contributed by atoms with Crippen LogP contribution in [0, 0.1) is 5.92 Å². The van der Waals surface area contributed by atoms with Gasteiger partial charge in [-0.3, -0.25) is 9.59 Å². The first-order valence-electron chi connectivity index (χ1n) is 9.27. The summed E-state index contributed by atoms with van der Waals surface area (Å²) in [6.45, 7) is 6.81. The molecule has 2 aliphatic heterocycles. The van der Waals surface area contributed by atoms with Crippen molar-refractivity contribution in [2.24, 2.45) is 5.92 Å². The quantitative estimate of drug-likeness (QED) is 0.825. The fraction of sp³-hybridized carbons (Fsp3) is 0.684. The largest absolute Gasteiger partial charge is 0.372 e. The van der Waals surface area contributed by atoms with Gasteiger partial charge in [-0.1, -0.05) is 6.07 Å². The molecule has 2 atom stereocenters. The fourth-order valence-corrected chi connectivity index (χ4v) is 4.54. The van der Waals surface area contributed by atoms with Gasteiger partial charge in [-0.15, -0.1) is 11.3 Å². The minimum absolute atomic E-state index is 0.0545. The van der Waals surface area contributed by atoms with Crippen molar-refractivity contribution in [3.8, 4) is 0 Å². The highest BCUT2D eigenvalue weighted by molar-refractivity contribution is 7.09. The Hall–Kier alpha value is -1.40. The molecule has 138 valence electrons. The number of nitrogens with zero attached hydrogens (tertiary/aromatic N) is 2. The number of likely N-dealkylation sites (tertiary alicyclic amines) is 1. The Morgan fingerprint density at radius 2 is 1.84 bits per heavy atom. The highest BCUT2D eigenvalue weighted by Crippen LogP contribution is 2.23. The van der Waals surface area contributed by atoms with Crippen LogP contribution in [0.15, 0.2) is 17.5 Å². The summed E-state index contributed by atoms with van der Waals surface area (Å²) in [5.41, 5.74) is 0. The lowest BCUT2D eigenvalue weighted by atomic mass is 9.94.